The summed E-state index contributed by atoms with van der Waals surface area (Å²) in [6.45, 7) is 4.69. The summed E-state index contributed by atoms with van der Waals surface area (Å²) in [6.07, 6.45) is 5.41. The predicted molar refractivity (Wildman–Crippen MR) is 61.8 cm³/mol. The van der Waals surface area contributed by atoms with Crippen molar-refractivity contribution in [2.75, 3.05) is 0 Å². The zero-order valence-corrected chi connectivity index (χ0v) is 9.88. The summed E-state index contributed by atoms with van der Waals surface area (Å²) < 4.78 is 3.91. The van der Waals surface area contributed by atoms with Gasteiger partial charge in [0.2, 0.25) is 0 Å². The molecule has 5 nitrogen and oxygen atoms in total. The van der Waals surface area contributed by atoms with Gasteiger partial charge >= 0.3 is 0 Å². The fourth-order valence-electron chi connectivity index (χ4n) is 1.71. The second-order valence-electron chi connectivity index (χ2n) is 4.57. The van der Waals surface area contributed by atoms with Gasteiger partial charge in [0.15, 0.2) is 0 Å². The first-order valence-electron chi connectivity index (χ1n) is 5.25. The zero-order chi connectivity index (χ0) is 11.8. The molecule has 0 bridgehead atoms. The van der Waals surface area contributed by atoms with Crippen LogP contribution >= 0.6 is 0 Å². The van der Waals surface area contributed by atoms with Crippen molar-refractivity contribution in [3.63, 3.8) is 0 Å². The molecule has 2 aromatic rings. The Bertz CT molecular complexity index is 475. The number of rotatable bonds is 3. The molecule has 0 unspecified atom stereocenters. The Morgan fingerprint density at radius 2 is 2.19 bits per heavy atom. The molecule has 2 N–H and O–H groups in total. The van der Waals surface area contributed by atoms with Crippen LogP contribution in [-0.4, -0.2) is 19.3 Å². The van der Waals surface area contributed by atoms with E-state index >= 15 is 0 Å². The van der Waals surface area contributed by atoms with Gasteiger partial charge in [-0.1, -0.05) is 0 Å². The van der Waals surface area contributed by atoms with Gasteiger partial charge in [-0.05, 0) is 19.9 Å². The maximum atomic E-state index is 6.09. The van der Waals surface area contributed by atoms with Crippen LogP contribution in [0.25, 0.3) is 0 Å². The highest BCUT2D eigenvalue weighted by molar-refractivity contribution is 5.12. The predicted octanol–water partition coefficient (Wildman–Crippen LogP) is 0.859. The Hall–Kier alpha value is -1.62. The molecule has 0 spiro atoms. The van der Waals surface area contributed by atoms with E-state index in [0.29, 0.717) is 0 Å². The minimum Gasteiger partial charge on any atom is -0.327 e. The molecular weight excluding hydrogens is 202 g/mol. The monoisotopic (exact) mass is 219 g/mol. The Kier molecular flexibility index (Phi) is 2.55. The van der Waals surface area contributed by atoms with Gasteiger partial charge in [-0.3, -0.25) is 4.68 Å². The van der Waals surface area contributed by atoms with E-state index in [0.717, 1.165) is 17.9 Å². The topological polar surface area (TPSA) is 61.7 Å². The molecule has 86 valence electrons. The first-order chi connectivity index (χ1) is 7.48. The van der Waals surface area contributed by atoms with E-state index in [1.807, 2.05) is 37.8 Å². The van der Waals surface area contributed by atoms with Crippen LogP contribution < -0.4 is 5.73 Å². The van der Waals surface area contributed by atoms with E-state index in [9.17, 15) is 0 Å². The van der Waals surface area contributed by atoms with Crippen LogP contribution in [0.1, 0.15) is 25.2 Å². The third kappa shape index (κ3) is 1.99. The lowest BCUT2D eigenvalue weighted by Gasteiger charge is -2.20. The summed E-state index contributed by atoms with van der Waals surface area (Å²) in [6, 6.07) is 1.99. The number of hydrogen-bond donors (Lipinski definition) is 1. The molecule has 2 rings (SSSR count). The molecule has 0 aliphatic rings. The molecule has 0 amide bonds. The molecule has 0 aliphatic heterocycles. The number of hydrogen-bond acceptors (Lipinski definition) is 3. The number of nitrogens with zero attached hydrogens (tertiary/aromatic N) is 4. The average Bonchev–Trinajstić information content (AvgIpc) is 2.76. The quantitative estimate of drug-likeness (QED) is 0.832. The molecule has 2 aromatic heterocycles. The van der Waals surface area contributed by atoms with E-state index in [4.69, 9.17) is 5.73 Å². The van der Waals surface area contributed by atoms with Crippen molar-refractivity contribution in [1.29, 1.82) is 0 Å². The summed E-state index contributed by atoms with van der Waals surface area (Å²) in [7, 11) is 1.93. The van der Waals surface area contributed by atoms with E-state index < -0.39 is 0 Å². The van der Waals surface area contributed by atoms with Crippen molar-refractivity contribution in [2.24, 2.45) is 12.8 Å². The minimum absolute atomic E-state index is 0.380. The lowest BCUT2D eigenvalue weighted by atomic mass is 10.0. The first-order valence-corrected chi connectivity index (χ1v) is 5.25. The molecule has 0 saturated heterocycles. The standard InChI is InChI=1S/C11H17N5/c1-11(2,12)10-6-13-8-16(10)7-9-4-5-14-15(9)3/h4-6,8H,7,12H2,1-3H3. The van der Waals surface area contributed by atoms with Crippen LogP contribution in [-0.2, 0) is 19.1 Å². The highest BCUT2D eigenvalue weighted by Gasteiger charge is 2.19. The smallest absolute Gasteiger partial charge is 0.0952 e. The van der Waals surface area contributed by atoms with Crippen LogP contribution in [0.5, 0.6) is 0 Å². The minimum atomic E-state index is -0.380. The van der Waals surface area contributed by atoms with Gasteiger partial charge in [-0.25, -0.2) is 4.98 Å². The summed E-state index contributed by atoms with van der Waals surface area (Å²) in [5.41, 5.74) is 7.86. The fraction of sp³-hybridized carbons (Fsp3) is 0.455. The Labute approximate surface area is 94.9 Å². The maximum absolute atomic E-state index is 6.09. The third-order valence-corrected chi connectivity index (χ3v) is 2.63. The normalized spacial score (nSPS) is 12.0. The van der Waals surface area contributed by atoms with E-state index in [1.54, 1.807) is 12.5 Å². The van der Waals surface area contributed by atoms with Crippen LogP contribution in [0, 0.1) is 0 Å². The molecule has 0 aromatic carbocycles. The Morgan fingerprint density at radius 3 is 2.75 bits per heavy atom. The Morgan fingerprint density at radius 1 is 1.44 bits per heavy atom. The van der Waals surface area contributed by atoms with E-state index in [1.165, 1.54) is 0 Å². The van der Waals surface area contributed by atoms with Gasteiger partial charge in [0.1, 0.15) is 0 Å². The second-order valence-corrected chi connectivity index (χ2v) is 4.57. The fourth-order valence-corrected chi connectivity index (χ4v) is 1.71. The van der Waals surface area contributed by atoms with Crippen molar-refractivity contribution >= 4 is 0 Å². The van der Waals surface area contributed by atoms with E-state index in [-0.39, 0.29) is 5.54 Å². The number of aromatic nitrogens is 4. The SMILES string of the molecule is Cn1nccc1Cn1cncc1C(C)(C)N. The summed E-state index contributed by atoms with van der Waals surface area (Å²) in [5, 5.41) is 4.14. The average molecular weight is 219 g/mol. The van der Waals surface area contributed by atoms with Gasteiger partial charge in [0.25, 0.3) is 0 Å². The maximum Gasteiger partial charge on any atom is 0.0952 e. The summed E-state index contributed by atoms with van der Waals surface area (Å²) in [5.74, 6) is 0. The molecule has 0 fully saturated rings. The van der Waals surface area contributed by atoms with Crippen molar-refractivity contribution in [3.8, 4) is 0 Å². The van der Waals surface area contributed by atoms with Crippen LogP contribution in [0.3, 0.4) is 0 Å². The molecule has 0 radical (unpaired) electrons. The van der Waals surface area contributed by atoms with Gasteiger partial charge in [0.05, 0.1) is 29.8 Å². The van der Waals surface area contributed by atoms with Crippen molar-refractivity contribution < 1.29 is 0 Å². The lowest BCUT2D eigenvalue weighted by molar-refractivity contribution is 0.498. The molecule has 5 heteroatoms. The summed E-state index contributed by atoms with van der Waals surface area (Å²) in [4.78, 5) is 4.15. The first kappa shape index (κ1) is 10.9. The molecule has 0 aliphatic carbocycles. The lowest BCUT2D eigenvalue weighted by Crippen LogP contribution is -2.31. The number of nitrogens with two attached hydrogens (primary N) is 1. The Balaban J connectivity index is 2.30. The number of aryl methyl sites for hydroxylation is 1. The van der Waals surface area contributed by atoms with Gasteiger partial charge in [-0.2, -0.15) is 5.10 Å². The summed E-state index contributed by atoms with van der Waals surface area (Å²) >= 11 is 0. The van der Waals surface area contributed by atoms with Crippen molar-refractivity contribution in [1.82, 2.24) is 19.3 Å². The van der Waals surface area contributed by atoms with Crippen LogP contribution in [0.2, 0.25) is 0 Å². The number of imidazole rings is 1. The van der Waals surface area contributed by atoms with Crippen molar-refractivity contribution in [3.05, 3.63) is 36.2 Å². The highest BCUT2D eigenvalue weighted by atomic mass is 15.3. The molecule has 2 heterocycles. The van der Waals surface area contributed by atoms with Gasteiger partial charge < -0.3 is 10.3 Å². The zero-order valence-electron chi connectivity index (χ0n) is 9.88. The van der Waals surface area contributed by atoms with Crippen LogP contribution in [0.4, 0.5) is 0 Å². The molecular formula is C11H17N5. The molecule has 0 atom stereocenters. The third-order valence-electron chi connectivity index (χ3n) is 2.63. The van der Waals surface area contributed by atoms with Gasteiger partial charge in [-0.15, -0.1) is 0 Å². The van der Waals surface area contributed by atoms with Crippen LogP contribution in [0.15, 0.2) is 24.8 Å². The van der Waals surface area contributed by atoms with Gasteiger partial charge in [0, 0.05) is 19.4 Å². The second kappa shape index (κ2) is 3.75. The van der Waals surface area contributed by atoms with E-state index in [2.05, 4.69) is 14.6 Å². The largest absolute Gasteiger partial charge is 0.327 e. The van der Waals surface area contributed by atoms with Crippen molar-refractivity contribution in [2.45, 2.75) is 25.9 Å². The molecule has 16 heavy (non-hydrogen) atoms. The molecule has 0 saturated carbocycles. The highest BCUT2D eigenvalue weighted by Crippen LogP contribution is 2.17.